The molecule has 1 N–H and O–H groups in total. The first-order chi connectivity index (χ1) is 10.7. The SMILES string of the molecule is CCN(CCCNC(=O)COc1ccc(Cl)cc1Cl)S(C)(=O)=O. The Morgan fingerprint density at radius 3 is 2.61 bits per heavy atom. The number of rotatable bonds is 9. The summed E-state index contributed by atoms with van der Waals surface area (Å²) >= 11 is 11.7. The van der Waals surface area contributed by atoms with Crippen LogP contribution in [0.4, 0.5) is 0 Å². The zero-order valence-corrected chi connectivity index (χ0v) is 15.3. The second-order valence-corrected chi connectivity index (χ2v) is 7.65. The maximum atomic E-state index is 11.7. The zero-order valence-electron chi connectivity index (χ0n) is 13.0. The van der Waals surface area contributed by atoms with E-state index < -0.39 is 10.0 Å². The lowest BCUT2D eigenvalue weighted by Gasteiger charge is -2.17. The summed E-state index contributed by atoms with van der Waals surface area (Å²) in [4.78, 5) is 11.7. The van der Waals surface area contributed by atoms with Crippen LogP contribution in [0.15, 0.2) is 18.2 Å². The number of ether oxygens (including phenoxy) is 1. The second kappa shape index (κ2) is 9.32. The molecule has 0 heterocycles. The van der Waals surface area contributed by atoms with Gasteiger partial charge in [-0.05, 0) is 24.6 Å². The fourth-order valence-electron chi connectivity index (χ4n) is 1.83. The molecule has 0 atom stereocenters. The minimum Gasteiger partial charge on any atom is -0.482 e. The molecular formula is C14H20Cl2N2O4S. The Labute approximate surface area is 146 Å². The normalized spacial score (nSPS) is 11.5. The van der Waals surface area contributed by atoms with Crippen LogP contribution < -0.4 is 10.1 Å². The number of halogens is 2. The summed E-state index contributed by atoms with van der Waals surface area (Å²) in [6.45, 7) is 2.72. The number of benzene rings is 1. The maximum absolute atomic E-state index is 11.7. The maximum Gasteiger partial charge on any atom is 0.257 e. The van der Waals surface area contributed by atoms with E-state index in [0.29, 0.717) is 41.8 Å². The highest BCUT2D eigenvalue weighted by Crippen LogP contribution is 2.27. The molecule has 1 aromatic carbocycles. The second-order valence-electron chi connectivity index (χ2n) is 4.82. The van der Waals surface area contributed by atoms with Crippen molar-refractivity contribution in [3.63, 3.8) is 0 Å². The molecule has 23 heavy (non-hydrogen) atoms. The van der Waals surface area contributed by atoms with Crippen molar-refractivity contribution in [1.82, 2.24) is 9.62 Å². The van der Waals surface area contributed by atoms with Crippen molar-refractivity contribution in [3.05, 3.63) is 28.2 Å². The number of nitrogens with one attached hydrogen (secondary N) is 1. The van der Waals surface area contributed by atoms with Gasteiger partial charge in [0.15, 0.2) is 6.61 Å². The summed E-state index contributed by atoms with van der Waals surface area (Å²) in [6, 6.07) is 4.73. The third kappa shape index (κ3) is 7.39. The van der Waals surface area contributed by atoms with E-state index in [0.717, 1.165) is 0 Å². The predicted molar refractivity (Wildman–Crippen MR) is 91.7 cm³/mol. The number of nitrogens with zero attached hydrogens (tertiary/aromatic N) is 1. The number of sulfonamides is 1. The van der Waals surface area contributed by atoms with Crippen LogP contribution in [0.2, 0.25) is 10.0 Å². The van der Waals surface area contributed by atoms with E-state index in [1.807, 2.05) is 0 Å². The Hall–Kier alpha value is -1.02. The van der Waals surface area contributed by atoms with Crippen molar-refractivity contribution in [3.8, 4) is 5.75 Å². The molecule has 0 saturated carbocycles. The largest absolute Gasteiger partial charge is 0.482 e. The van der Waals surface area contributed by atoms with E-state index in [1.54, 1.807) is 19.1 Å². The van der Waals surface area contributed by atoms with Gasteiger partial charge in [0, 0.05) is 24.7 Å². The number of hydrogen-bond acceptors (Lipinski definition) is 4. The number of carbonyl (C=O) groups excluding carboxylic acids is 1. The Balaban J connectivity index is 2.30. The van der Waals surface area contributed by atoms with Gasteiger partial charge in [0.05, 0.1) is 11.3 Å². The van der Waals surface area contributed by atoms with E-state index in [9.17, 15) is 13.2 Å². The molecule has 0 radical (unpaired) electrons. The Morgan fingerprint density at radius 2 is 2.04 bits per heavy atom. The van der Waals surface area contributed by atoms with Crippen LogP contribution in [-0.4, -0.2) is 51.1 Å². The van der Waals surface area contributed by atoms with Crippen molar-refractivity contribution in [2.45, 2.75) is 13.3 Å². The summed E-state index contributed by atoms with van der Waals surface area (Å²) < 4.78 is 29.5. The number of hydrogen-bond donors (Lipinski definition) is 1. The highest BCUT2D eigenvalue weighted by Gasteiger charge is 2.13. The van der Waals surface area contributed by atoms with Crippen molar-refractivity contribution < 1.29 is 17.9 Å². The lowest BCUT2D eigenvalue weighted by atomic mass is 10.3. The topological polar surface area (TPSA) is 75.7 Å². The van der Waals surface area contributed by atoms with E-state index in [2.05, 4.69) is 5.32 Å². The molecule has 1 aromatic rings. The smallest absolute Gasteiger partial charge is 0.257 e. The summed E-state index contributed by atoms with van der Waals surface area (Å²) in [5.74, 6) is 0.0684. The minimum atomic E-state index is -3.20. The quantitative estimate of drug-likeness (QED) is 0.663. The molecule has 0 aliphatic heterocycles. The Bertz CT molecular complexity index is 638. The van der Waals surface area contributed by atoms with Crippen LogP contribution >= 0.6 is 23.2 Å². The Kier molecular flexibility index (Phi) is 8.11. The first kappa shape index (κ1) is 20.0. The van der Waals surface area contributed by atoms with Gasteiger partial charge in [-0.3, -0.25) is 4.79 Å². The molecule has 1 rings (SSSR count). The summed E-state index contributed by atoms with van der Waals surface area (Å²) in [5, 5.41) is 3.48. The molecule has 0 spiro atoms. The molecule has 0 aromatic heterocycles. The lowest BCUT2D eigenvalue weighted by molar-refractivity contribution is -0.123. The van der Waals surface area contributed by atoms with Crippen molar-refractivity contribution >= 4 is 39.1 Å². The fraction of sp³-hybridized carbons (Fsp3) is 0.500. The van der Waals surface area contributed by atoms with Gasteiger partial charge in [0.1, 0.15) is 5.75 Å². The van der Waals surface area contributed by atoms with Crippen molar-refractivity contribution in [1.29, 1.82) is 0 Å². The van der Waals surface area contributed by atoms with Crippen LogP contribution in [0.1, 0.15) is 13.3 Å². The predicted octanol–water partition coefficient (Wildman–Crippen LogP) is 2.16. The molecule has 0 aliphatic rings. The third-order valence-corrected chi connectivity index (χ3v) is 4.89. The fourth-order valence-corrected chi connectivity index (χ4v) is 3.22. The highest BCUT2D eigenvalue weighted by molar-refractivity contribution is 7.88. The third-order valence-electron chi connectivity index (χ3n) is 2.98. The summed E-state index contributed by atoms with van der Waals surface area (Å²) in [5.41, 5.74) is 0. The van der Waals surface area contributed by atoms with E-state index in [-0.39, 0.29) is 12.5 Å². The highest BCUT2D eigenvalue weighted by atomic mass is 35.5. The minimum absolute atomic E-state index is 0.176. The van der Waals surface area contributed by atoms with Gasteiger partial charge in [-0.2, -0.15) is 0 Å². The molecule has 0 aliphatic carbocycles. The number of amides is 1. The summed E-state index contributed by atoms with van der Waals surface area (Å²) in [7, 11) is -3.20. The van der Waals surface area contributed by atoms with Crippen molar-refractivity contribution in [2.24, 2.45) is 0 Å². The molecule has 0 bridgehead atoms. The van der Waals surface area contributed by atoms with Crippen LogP contribution in [0, 0.1) is 0 Å². The average molecular weight is 383 g/mol. The van der Waals surface area contributed by atoms with Gasteiger partial charge < -0.3 is 10.1 Å². The molecule has 1 amide bonds. The molecule has 130 valence electrons. The molecule has 0 unspecified atom stereocenters. The van der Waals surface area contributed by atoms with Crippen molar-refractivity contribution in [2.75, 3.05) is 32.5 Å². The average Bonchev–Trinajstić information content (AvgIpc) is 2.45. The van der Waals surface area contributed by atoms with Gasteiger partial charge in [-0.25, -0.2) is 12.7 Å². The van der Waals surface area contributed by atoms with Gasteiger partial charge in [-0.1, -0.05) is 30.1 Å². The molecule has 0 saturated heterocycles. The lowest BCUT2D eigenvalue weighted by Crippen LogP contribution is -2.34. The van der Waals surface area contributed by atoms with Crippen LogP contribution in [0.25, 0.3) is 0 Å². The summed E-state index contributed by atoms with van der Waals surface area (Å²) in [6.07, 6.45) is 1.69. The van der Waals surface area contributed by atoms with Gasteiger partial charge in [-0.15, -0.1) is 0 Å². The monoisotopic (exact) mass is 382 g/mol. The van der Waals surface area contributed by atoms with Crippen LogP contribution in [-0.2, 0) is 14.8 Å². The Morgan fingerprint density at radius 1 is 1.35 bits per heavy atom. The van der Waals surface area contributed by atoms with E-state index >= 15 is 0 Å². The first-order valence-electron chi connectivity index (χ1n) is 7.03. The first-order valence-corrected chi connectivity index (χ1v) is 9.64. The van der Waals surface area contributed by atoms with Crippen LogP contribution in [0.3, 0.4) is 0 Å². The molecule has 6 nitrogen and oxygen atoms in total. The molecule has 0 fully saturated rings. The zero-order chi connectivity index (χ0) is 17.5. The van der Waals surface area contributed by atoms with Crippen LogP contribution in [0.5, 0.6) is 5.75 Å². The van der Waals surface area contributed by atoms with Gasteiger partial charge >= 0.3 is 0 Å². The number of carbonyl (C=O) groups is 1. The van der Waals surface area contributed by atoms with Gasteiger partial charge in [0.2, 0.25) is 10.0 Å². The molecule has 9 heteroatoms. The van der Waals surface area contributed by atoms with E-state index in [1.165, 1.54) is 16.6 Å². The van der Waals surface area contributed by atoms with Gasteiger partial charge in [0.25, 0.3) is 5.91 Å². The standard InChI is InChI=1S/C14H20Cl2N2O4S/c1-3-18(23(2,20)21)8-4-7-17-14(19)10-22-13-6-5-11(15)9-12(13)16/h5-6,9H,3-4,7-8,10H2,1-2H3,(H,17,19). The molecular weight excluding hydrogens is 363 g/mol. The van der Waals surface area contributed by atoms with E-state index in [4.69, 9.17) is 27.9 Å².